The Kier molecular flexibility index (Phi) is 22.9. The van der Waals surface area contributed by atoms with Crippen LogP contribution in [0.3, 0.4) is 0 Å². The van der Waals surface area contributed by atoms with Gasteiger partial charge in [-0.1, -0.05) is 0 Å². The number of hydrogen-bond donors (Lipinski definition) is 0. The topological polar surface area (TPSA) is 176 Å². The van der Waals surface area contributed by atoms with Crippen LogP contribution in [0.1, 0.15) is 27.7 Å². The second kappa shape index (κ2) is 23.6. The standard InChI is InChI=1S/C22H36N5O8.2ClH.Mn/c1-15(28)32-11-19-7-23-5-6-24-20(12-33-16(2)29)8-26-22(14-35-18(4)31)10-27-21(9-25-19)13-34-17(3)30;;;/h19-22H,5-14H2,1-4H3;2*1H;/q-5;;;+2/p-2/t19-,20+,21+,22-;;;/m0.../s1. The van der Waals surface area contributed by atoms with Crippen molar-refractivity contribution in [3.05, 3.63) is 26.6 Å². The monoisotopic (exact) mass is 623 g/mol. The van der Waals surface area contributed by atoms with E-state index in [2.05, 4.69) is 26.6 Å². The molecule has 0 radical (unpaired) electrons. The zero-order chi connectivity index (χ0) is 28.8. The molecule has 0 N–H and O–H groups in total. The summed E-state index contributed by atoms with van der Waals surface area (Å²) in [5.41, 5.74) is 0. The normalized spacial score (nSPS) is 23.3. The molecular weight excluding hydrogens is 588 g/mol. The number of carbonyl (C=O) groups is 4. The molecule has 0 amide bonds. The molecule has 0 saturated carbocycles. The van der Waals surface area contributed by atoms with E-state index < -0.39 is 48.0 Å². The summed E-state index contributed by atoms with van der Waals surface area (Å²) in [6.45, 7) is 7.15. The average molecular weight is 624 g/mol. The van der Waals surface area contributed by atoms with Crippen LogP contribution in [-0.4, -0.2) is 114 Å². The Bertz CT molecular complexity index is 644. The molecule has 0 aromatic carbocycles. The van der Waals surface area contributed by atoms with Crippen LogP contribution in [0.25, 0.3) is 26.6 Å². The van der Waals surface area contributed by atoms with Gasteiger partial charge in [0.25, 0.3) is 0 Å². The molecular formula is C22H36Cl2MnN5O8-5. The SMILES string of the molecule is CC(=O)OC[C@H]1C[N-][C@H](COC(C)=O)C[N-][C@@H](COC(C)=O)C[N-][C@H](COC(C)=O)C[N-]CC[N-]1.[Cl][Mn][Cl]. The van der Waals surface area contributed by atoms with Gasteiger partial charge in [-0.3, -0.25) is 19.2 Å². The first-order valence-corrected chi connectivity index (χ1v) is 15.0. The summed E-state index contributed by atoms with van der Waals surface area (Å²) in [4.78, 5) is 45.2. The van der Waals surface area contributed by atoms with Crippen molar-refractivity contribution in [1.82, 2.24) is 0 Å². The zero-order valence-electron chi connectivity index (χ0n) is 22.0. The van der Waals surface area contributed by atoms with Gasteiger partial charge in [-0.2, -0.15) is 39.3 Å². The first kappa shape index (κ1) is 36.8. The molecule has 1 fully saturated rings. The molecule has 38 heavy (non-hydrogen) atoms. The fourth-order valence-corrected chi connectivity index (χ4v) is 2.87. The molecule has 1 aliphatic rings. The number of nitrogens with zero attached hydrogens (tertiary/aromatic N) is 5. The zero-order valence-corrected chi connectivity index (χ0v) is 24.7. The third-order valence-corrected chi connectivity index (χ3v) is 4.62. The molecule has 4 atom stereocenters. The van der Waals surface area contributed by atoms with Gasteiger partial charge in [0, 0.05) is 27.7 Å². The average Bonchev–Trinajstić information content (AvgIpc) is 2.84. The number of carbonyl (C=O) groups excluding carboxylic acids is 4. The van der Waals surface area contributed by atoms with Crippen molar-refractivity contribution in [3.8, 4) is 0 Å². The van der Waals surface area contributed by atoms with Crippen LogP contribution in [0.2, 0.25) is 0 Å². The fraction of sp³-hybridized carbons (Fsp3) is 0.818. The second-order valence-corrected chi connectivity index (χ2v) is 9.96. The van der Waals surface area contributed by atoms with Crippen LogP contribution in [0.5, 0.6) is 0 Å². The Morgan fingerprint density at radius 2 is 0.868 bits per heavy atom. The van der Waals surface area contributed by atoms with Crippen molar-refractivity contribution >= 4 is 44.1 Å². The maximum atomic E-state index is 11.3. The van der Waals surface area contributed by atoms with E-state index in [9.17, 15) is 19.2 Å². The van der Waals surface area contributed by atoms with Crippen molar-refractivity contribution in [2.75, 3.05) is 65.7 Å². The van der Waals surface area contributed by atoms with Gasteiger partial charge in [-0.15, -0.1) is 24.2 Å². The van der Waals surface area contributed by atoms with Crippen LogP contribution < -0.4 is 0 Å². The van der Waals surface area contributed by atoms with Gasteiger partial charge in [-0.25, -0.2) is 0 Å². The van der Waals surface area contributed by atoms with E-state index in [-0.39, 0.29) is 59.2 Å². The van der Waals surface area contributed by atoms with E-state index >= 15 is 0 Å². The summed E-state index contributed by atoms with van der Waals surface area (Å²) in [5, 5.41) is 22.7. The predicted molar refractivity (Wildman–Crippen MR) is 139 cm³/mol. The van der Waals surface area contributed by atoms with Gasteiger partial charge >= 0.3 is 57.2 Å². The Morgan fingerprint density at radius 3 is 1.18 bits per heavy atom. The molecule has 0 unspecified atom stereocenters. The van der Waals surface area contributed by atoms with Gasteiger partial charge in [0.15, 0.2) is 0 Å². The molecule has 1 rings (SSSR count). The van der Waals surface area contributed by atoms with Crippen LogP contribution in [-0.2, 0) is 51.3 Å². The number of hydrogen-bond acceptors (Lipinski definition) is 8. The Balaban J connectivity index is 0.00000434. The fourth-order valence-electron chi connectivity index (χ4n) is 2.87. The summed E-state index contributed by atoms with van der Waals surface area (Å²) in [6.07, 6.45) is 0. The second-order valence-electron chi connectivity index (χ2n) is 8.01. The van der Waals surface area contributed by atoms with E-state index in [1.165, 1.54) is 27.7 Å². The van der Waals surface area contributed by atoms with Gasteiger partial charge in [0.1, 0.15) is 0 Å². The molecule has 1 aliphatic heterocycles. The van der Waals surface area contributed by atoms with Gasteiger partial charge < -0.3 is 45.5 Å². The van der Waals surface area contributed by atoms with E-state index in [0.29, 0.717) is 19.6 Å². The maximum absolute atomic E-state index is 11.3. The summed E-state index contributed by atoms with van der Waals surface area (Å²) in [6, 6.07) is -1.73. The quantitative estimate of drug-likeness (QED) is 0.225. The van der Waals surface area contributed by atoms with E-state index in [1.54, 1.807) is 0 Å². The summed E-state index contributed by atoms with van der Waals surface area (Å²) in [7, 11) is 9.59. The van der Waals surface area contributed by atoms with Crippen LogP contribution in [0.4, 0.5) is 0 Å². The number of esters is 4. The first-order chi connectivity index (χ1) is 18.1. The number of halogens is 2. The molecule has 0 aromatic rings. The van der Waals surface area contributed by atoms with E-state index in [4.69, 9.17) is 39.1 Å². The van der Waals surface area contributed by atoms with Crippen molar-refractivity contribution in [3.63, 3.8) is 0 Å². The Morgan fingerprint density at radius 1 is 0.579 bits per heavy atom. The molecule has 16 heteroatoms. The minimum atomic E-state index is -0.472. The minimum absolute atomic E-state index is 0.00694. The van der Waals surface area contributed by atoms with E-state index in [0.717, 1.165) is 0 Å². The predicted octanol–water partition coefficient (Wildman–Crippen LogP) is 2.97. The first-order valence-electron chi connectivity index (χ1n) is 11.8. The molecule has 0 spiro atoms. The van der Waals surface area contributed by atoms with Crippen molar-refractivity contribution in [1.29, 1.82) is 0 Å². The van der Waals surface area contributed by atoms with Gasteiger partial charge in [0.05, 0.1) is 26.4 Å². The molecule has 0 aliphatic carbocycles. The number of ether oxygens (including phenoxy) is 4. The van der Waals surface area contributed by atoms with Crippen molar-refractivity contribution in [2.24, 2.45) is 0 Å². The molecule has 0 bridgehead atoms. The molecule has 0 aromatic heterocycles. The van der Waals surface area contributed by atoms with Crippen molar-refractivity contribution < 1.29 is 51.3 Å². The van der Waals surface area contributed by atoms with Gasteiger partial charge in [0.2, 0.25) is 0 Å². The summed E-state index contributed by atoms with van der Waals surface area (Å²) in [5.74, 6) is -1.73. The Hall–Kier alpha value is -1.22. The van der Waals surface area contributed by atoms with Crippen LogP contribution >= 0.6 is 20.2 Å². The summed E-state index contributed by atoms with van der Waals surface area (Å²) >= 11 is 0.00694. The van der Waals surface area contributed by atoms with Crippen LogP contribution in [0.15, 0.2) is 0 Å². The van der Waals surface area contributed by atoms with Gasteiger partial charge in [-0.05, 0) is 0 Å². The molecule has 1 saturated heterocycles. The summed E-state index contributed by atoms with van der Waals surface area (Å²) < 4.78 is 20.5. The molecule has 1 heterocycles. The molecule has 223 valence electrons. The number of rotatable bonds is 8. The van der Waals surface area contributed by atoms with E-state index in [1.807, 2.05) is 0 Å². The Labute approximate surface area is 239 Å². The van der Waals surface area contributed by atoms with Crippen LogP contribution in [0, 0.1) is 0 Å². The van der Waals surface area contributed by atoms with Crippen molar-refractivity contribution in [2.45, 2.75) is 51.9 Å². The molecule has 13 nitrogen and oxygen atoms in total. The third-order valence-electron chi connectivity index (χ3n) is 4.62. The third kappa shape index (κ3) is 22.7.